The van der Waals surface area contributed by atoms with Crippen LogP contribution in [-0.2, 0) is 26.4 Å². The van der Waals surface area contributed by atoms with E-state index in [-0.39, 0.29) is 5.91 Å². The van der Waals surface area contributed by atoms with Gasteiger partial charge in [-0.05, 0) is 30.5 Å². The van der Waals surface area contributed by atoms with E-state index in [0.717, 1.165) is 41.9 Å². The molecule has 4 heteroatoms. The topological polar surface area (TPSA) is 38.1 Å². The number of aromatic nitrogens is 2. The average Bonchev–Trinajstić information content (AvgIpc) is 2.83. The normalized spacial score (nSPS) is 14.5. The van der Waals surface area contributed by atoms with Gasteiger partial charge in [0, 0.05) is 19.2 Å². The molecule has 0 aliphatic carbocycles. The van der Waals surface area contributed by atoms with Crippen molar-refractivity contribution in [3.8, 4) is 0 Å². The van der Waals surface area contributed by atoms with E-state index < -0.39 is 0 Å². The predicted molar refractivity (Wildman–Crippen MR) is 77.5 cm³/mol. The lowest BCUT2D eigenvalue weighted by atomic mass is 9.99. The monoisotopic (exact) mass is 269 g/mol. The van der Waals surface area contributed by atoms with Crippen molar-refractivity contribution in [3.05, 3.63) is 52.8 Å². The number of benzene rings is 1. The molecule has 0 atom stereocenters. The molecule has 0 saturated carbocycles. The Bertz CT molecular complexity index is 645. The Kier molecular flexibility index (Phi) is 3.30. The second-order valence-corrected chi connectivity index (χ2v) is 5.24. The molecule has 1 aromatic carbocycles. The molecule has 0 saturated heterocycles. The molecule has 0 radical (unpaired) electrons. The molecule has 0 fully saturated rings. The van der Waals surface area contributed by atoms with Crippen molar-refractivity contribution in [3.63, 3.8) is 0 Å². The highest BCUT2D eigenvalue weighted by Gasteiger charge is 2.24. The van der Waals surface area contributed by atoms with Gasteiger partial charge >= 0.3 is 0 Å². The minimum absolute atomic E-state index is 0.131. The number of fused-ring (bicyclic) bond motifs is 1. The molecule has 1 aromatic heterocycles. The molecule has 1 aliphatic heterocycles. The van der Waals surface area contributed by atoms with Gasteiger partial charge < -0.3 is 4.90 Å². The number of aryl methyl sites for hydroxylation is 2. The van der Waals surface area contributed by atoms with Crippen LogP contribution in [-0.4, -0.2) is 27.1 Å². The van der Waals surface area contributed by atoms with Crippen LogP contribution in [0.25, 0.3) is 0 Å². The van der Waals surface area contributed by atoms with Crippen LogP contribution in [0.4, 0.5) is 0 Å². The highest BCUT2D eigenvalue weighted by atomic mass is 16.2. The molecular formula is C16H19N3O. The SMILES string of the molecule is CCc1cc(CN2CCc3ccccc3C2=O)n(C)n1. The standard InChI is InChI=1S/C16H19N3O/c1-3-13-10-14(18(2)17-13)11-19-9-8-12-6-4-5-7-15(12)16(19)20/h4-7,10H,3,8-9,11H2,1-2H3. The van der Waals surface area contributed by atoms with Gasteiger partial charge in [-0.1, -0.05) is 25.1 Å². The van der Waals surface area contributed by atoms with Gasteiger partial charge in [-0.25, -0.2) is 0 Å². The lowest BCUT2D eigenvalue weighted by molar-refractivity contribution is 0.0723. The van der Waals surface area contributed by atoms with Gasteiger partial charge in [0.1, 0.15) is 0 Å². The van der Waals surface area contributed by atoms with Gasteiger partial charge in [-0.2, -0.15) is 5.10 Å². The molecule has 1 amide bonds. The first kappa shape index (κ1) is 12.9. The molecule has 0 bridgehead atoms. The third-order valence-electron chi connectivity index (χ3n) is 3.93. The molecule has 104 valence electrons. The van der Waals surface area contributed by atoms with Crippen molar-refractivity contribution in [1.29, 1.82) is 0 Å². The summed E-state index contributed by atoms with van der Waals surface area (Å²) in [5, 5.41) is 4.44. The summed E-state index contributed by atoms with van der Waals surface area (Å²) in [5.74, 6) is 0.131. The Morgan fingerprint density at radius 2 is 2.10 bits per heavy atom. The molecule has 0 unspecified atom stereocenters. The summed E-state index contributed by atoms with van der Waals surface area (Å²) in [6.45, 7) is 3.51. The van der Waals surface area contributed by atoms with E-state index in [4.69, 9.17) is 0 Å². The fraction of sp³-hybridized carbons (Fsp3) is 0.375. The largest absolute Gasteiger partial charge is 0.332 e. The minimum atomic E-state index is 0.131. The van der Waals surface area contributed by atoms with Crippen LogP contribution in [0.15, 0.2) is 30.3 Å². The molecule has 3 rings (SSSR count). The zero-order valence-corrected chi connectivity index (χ0v) is 12.0. The van der Waals surface area contributed by atoms with Crippen LogP contribution >= 0.6 is 0 Å². The number of carbonyl (C=O) groups is 1. The van der Waals surface area contributed by atoms with E-state index in [2.05, 4.69) is 18.1 Å². The maximum atomic E-state index is 12.5. The quantitative estimate of drug-likeness (QED) is 0.856. The number of hydrogen-bond acceptors (Lipinski definition) is 2. The molecule has 2 heterocycles. The number of hydrogen-bond donors (Lipinski definition) is 0. The van der Waals surface area contributed by atoms with Gasteiger partial charge in [-0.3, -0.25) is 9.48 Å². The van der Waals surface area contributed by atoms with Gasteiger partial charge in [0.05, 0.1) is 17.9 Å². The van der Waals surface area contributed by atoms with Gasteiger partial charge in [0.25, 0.3) is 5.91 Å². The molecule has 4 nitrogen and oxygen atoms in total. The lowest BCUT2D eigenvalue weighted by Crippen LogP contribution is -2.37. The first-order valence-electron chi connectivity index (χ1n) is 7.08. The van der Waals surface area contributed by atoms with Crippen LogP contribution < -0.4 is 0 Å². The van der Waals surface area contributed by atoms with E-state index >= 15 is 0 Å². The Morgan fingerprint density at radius 3 is 2.85 bits per heavy atom. The third-order valence-corrected chi connectivity index (χ3v) is 3.93. The van der Waals surface area contributed by atoms with Crippen LogP contribution in [0.1, 0.15) is 34.2 Å². The first-order valence-corrected chi connectivity index (χ1v) is 7.08. The van der Waals surface area contributed by atoms with Crippen molar-refractivity contribution in [2.45, 2.75) is 26.3 Å². The summed E-state index contributed by atoms with van der Waals surface area (Å²) in [6.07, 6.45) is 1.85. The van der Waals surface area contributed by atoms with E-state index in [1.807, 2.05) is 40.9 Å². The highest BCUT2D eigenvalue weighted by Crippen LogP contribution is 2.20. The maximum absolute atomic E-state index is 12.5. The minimum Gasteiger partial charge on any atom is -0.332 e. The molecule has 20 heavy (non-hydrogen) atoms. The highest BCUT2D eigenvalue weighted by molar-refractivity contribution is 5.96. The van der Waals surface area contributed by atoms with Crippen LogP contribution in [0, 0.1) is 0 Å². The lowest BCUT2D eigenvalue weighted by Gasteiger charge is -2.28. The van der Waals surface area contributed by atoms with Crippen molar-refractivity contribution in [2.75, 3.05) is 6.54 Å². The van der Waals surface area contributed by atoms with Crippen molar-refractivity contribution in [2.24, 2.45) is 7.05 Å². The van der Waals surface area contributed by atoms with Gasteiger partial charge in [-0.15, -0.1) is 0 Å². The summed E-state index contributed by atoms with van der Waals surface area (Å²) >= 11 is 0. The molecule has 0 spiro atoms. The van der Waals surface area contributed by atoms with E-state index in [1.165, 1.54) is 0 Å². The van der Waals surface area contributed by atoms with E-state index in [9.17, 15) is 4.79 Å². The van der Waals surface area contributed by atoms with Gasteiger partial charge in [0.15, 0.2) is 0 Å². The Labute approximate surface area is 119 Å². The average molecular weight is 269 g/mol. The number of rotatable bonds is 3. The molecular weight excluding hydrogens is 250 g/mol. The van der Waals surface area contributed by atoms with Crippen LogP contribution in [0.5, 0.6) is 0 Å². The Balaban J connectivity index is 1.82. The summed E-state index contributed by atoms with van der Waals surface area (Å²) in [7, 11) is 1.94. The smallest absolute Gasteiger partial charge is 0.254 e. The fourth-order valence-corrected chi connectivity index (χ4v) is 2.71. The Hall–Kier alpha value is -2.10. The van der Waals surface area contributed by atoms with Crippen molar-refractivity contribution in [1.82, 2.24) is 14.7 Å². The number of nitrogens with zero attached hydrogens (tertiary/aromatic N) is 3. The predicted octanol–water partition coefficient (Wildman–Crippen LogP) is 2.18. The number of carbonyl (C=O) groups excluding carboxylic acids is 1. The second-order valence-electron chi connectivity index (χ2n) is 5.24. The summed E-state index contributed by atoms with van der Waals surface area (Å²) in [6, 6.07) is 9.98. The summed E-state index contributed by atoms with van der Waals surface area (Å²) in [4.78, 5) is 14.4. The van der Waals surface area contributed by atoms with Crippen molar-refractivity contribution >= 4 is 5.91 Å². The first-order chi connectivity index (χ1) is 9.69. The van der Waals surface area contributed by atoms with Crippen molar-refractivity contribution < 1.29 is 4.79 Å². The van der Waals surface area contributed by atoms with Crippen LogP contribution in [0.2, 0.25) is 0 Å². The Morgan fingerprint density at radius 1 is 1.30 bits per heavy atom. The molecule has 2 aromatic rings. The second kappa shape index (κ2) is 5.12. The van der Waals surface area contributed by atoms with Crippen LogP contribution in [0.3, 0.4) is 0 Å². The zero-order valence-electron chi connectivity index (χ0n) is 12.0. The fourth-order valence-electron chi connectivity index (χ4n) is 2.71. The third kappa shape index (κ3) is 2.22. The van der Waals surface area contributed by atoms with Gasteiger partial charge in [0.2, 0.25) is 0 Å². The maximum Gasteiger partial charge on any atom is 0.254 e. The summed E-state index contributed by atoms with van der Waals surface area (Å²) in [5.41, 5.74) is 4.17. The summed E-state index contributed by atoms with van der Waals surface area (Å²) < 4.78 is 1.88. The molecule has 0 N–H and O–H groups in total. The number of amides is 1. The zero-order chi connectivity index (χ0) is 14.1. The molecule has 1 aliphatic rings. The van der Waals surface area contributed by atoms with E-state index in [0.29, 0.717) is 6.54 Å². The van der Waals surface area contributed by atoms with E-state index in [1.54, 1.807) is 0 Å².